The van der Waals surface area contributed by atoms with Crippen LogP contribution in [0.15, 0.2) is 30.3 Å². The maximum Gasteiger partial charge on any atom is 0.218 e. The van der Waals surface area contributed by atoms with E-state index in [1.807, 2.05) is 30.3 Å². The SMILES string of the molecule is NCCN(C1CCCC1)S(=O)(=O)Cc1ccccc1. The molecule has 1 aromatic rings. The average Bonchev–Trinajstić information content (AvgIpc) is 2.90. The van der Waals surface area contributed by atoms with Gasteiger partial charge in [-0.3, -0.25) is 0 Å². The smallest absolute Gasteiger partial charge is 0.218 e. The van der Waals surface area contributed by atoms with Crippen LogP contribution >= 0.6 is 0 Å². The summed E-state index contributed by atoms with van der Waals surface area (Å²) in [7, 11) is -3.27. The maximum atomic E-state index is 12.5. The first-order chi connectivity index (χ1) is 9.13. The molecule has 0 saturated heterocycles. The molecular formula is C14H22N2O2S. The minimum Gasteiger partial charge on any atom is -0.329 e. The van der Waals surface area contributed by atoms with E-state index in [9.17, 15) is 8.42 Å². The fourth-order valence-electron chi connectivity index (χ4n) is 2.74. The molecule has 0 aromatic heterocycles. The van der Waals surface area contributed by atoms with Gasteiger partial charge < -0.3 is 5.73 Å². The second-order valence-corrected chi connectivity index (χ2v) is 7.00. The van der Waals surface area contributed by atoms with Gasteiger partial charge in [0.2, 0.25) is 10.0 Å². The molecule has 19 heavy (non-hydrogen) atoms. The van der Waals surface area contributed by atoms with Crippen molar-refractivity contribution in [3.8, 4) is 0 Å². The molecule has 0 aliphatic heterocycles. The summed E-state index contributed by atoms with van der Waals surface area (Å²) in [5, 5.41) is 0. The standard InChI is InChI=1S/C14H22N2O2S/c15-10-11-16(14-8-4-5-9-14)19(17,18)12-13-6-2-1-3-7-13/h1-3,6-7,14H,4-5,8-12,15H2. The highest BCUT2D eigenvalue weighted by Crippen LogP contribution is 2.26. The van der Waals surface area contributed by atoms with Crippen LogP contribution in [0, 0.1) is 0 Å². The Hall–Kier alpha value is -0.910. The molecule has 1 saturated carbocycles. The lowest BCUT2D eigenvalue weighted by atomic mass is 10.2. The first kappa shape index (κ1) is 14.5. The number of nitrogens with zero attached hydrogens (tertiary/aromatic N) is 1. The Morgan fingerprint density at radius 1 is 1.16 bits per heavy atom. The molecule has 2 rings (SSSR count). The number of rotatable bonds is 6. The van der Waals surface area contributed by atoms with Crippen LogP contribution in [0.3, 0.4) is 0 Å². The van der Waals surface area contributed by atoms with Crippen molar-refractivity contribution in [2.45, 2.75) is 37.5 Å². The summed E-state index contributed by atoms with van der Waals surface area (Å²) in [4.78, 5) is 0. The Balaban J connectivity index is 2.14. The Bertz CT molecular complexity index is 481. The van der Waals surface area contributed by atoms with E-state index in [0.29, 0.717) is 13.1 Å². The molecule has 0 spiro atoms. The van der Waals surface area contributed by atoms with Gasteiger partial charge in [-0.1, -0.05) is 43.2 Å². The van der Waals surface area contributed by atoms with Crippen molar-refractivity contribution in [3.05, 3.63) is 35.9 Å². The van der Waals surface area contributed by atoms with E-state index in [1.165, 1.54) is 0 Å². The lowest BCUT2D eigenvalue weighted by Gasteiger charge is -2.27. The van der Waals surface area contributed by atoms with E-state index < -0.39 is 10.0 Å². The molecule has 1 fully saturated rings. The fraction of sp³-hybridized carbons (Fsp3) is 0.571. The van der Waals surface area contributed by atoms with Crippen molar-refractivity contribution in [3.63, 3.8) is 0 Å². The van der Waals surface area contributed by atoms with Crippen molar-refractivity contribution in [1.82, 2.24) is 4.31 Å². The Labute approximate surface area is 115 Å². The summed E-state index contributed by atoms with van der Waals surface area (Å²) in [5.41, 5.74) is 6.42. The molecule has 1 aliphatic carbocycles. The summed E-state index contributed by atoms with van der Waals surface area (Å²) < 4.78 is 26.7. The molecule has 2 N–H and O–H groups in total. The van der Waals surface area contributed by atoms with E-state index in [2.05, 4.69) is 0 Å². The van der Waals surface area contributed by atoms with Crippen LogP contribution in [0.5, 0.6) is 0 Å². The second kappa shape index (κ2) is 6.50. The minimum atomic E-state index is -3.27. The van der Waals surface area contributed by atoms with Crippen LogP contribution in [0.1, 0.15) is 31.2 Å². The highest BCUT2D eigenvalue weighted by atomic mass is 32.2. The quantitative estimate of drug-likeness (QED) is 0.864. The third kappa shape index (κ3) is 3.78. The number of hydrogen-bond acceptors (Lipinski definition) is 3. The second-order valence-electron chi connectivity index (χ2n) is 5.08. The highest BCUT2D eigenvalue weighted by Gasteiger charge is 2.31. The number of nitrogens with two attached hydrogens (primary N) is 1. The van der Waals surface area contributed by atoms with Crippen LogP contribution < -0.4 is 5.73 Å². The topological polar surface area (TPSA) is 63.4 Å². The van der Waals surface area contributed by atoms with Gasteiger partial charge in [0.15, 0.2) is 0 Å². The van der Waals surface area contributed by atoms with Crippen molar-refractivity contribution in [2.75, 3.05) is 13.1 Å². The Morgan fingerprint density at radius 3 is 2.37 bits per heavy atom. The zero-order chi connectivity index (χ0) is 13.7. The van der Waals surface area contributed by atoms with Gasteiger partial charge >= 0.3 is 0 Å². The van der Waals surface area contributed by atoms with Gasteiger partial charge in [0.25, 0.3) is 0 Å². The van der Waals surface area contributed by atoms with Gasteiger partial charge in [-0.2, -0.15) is 4.31 Å². The van der Waals surface area contributed by atoms with E-state index in [1.54, 1.807) is 4.31 Å². The monoisotopic (exact) mass is 282 g/mol. The molecule has 5 heteroatoms. The molecule has 0 amide bonds. The van der Waals surface area contributed by atoms with E-state index in [-0.39, 0.29) is 11.8 Å². The van der Waals surface area contributed by atoms with Crippen molar-refractivity contribution in [2.24, 2.45) is 5.73 Å². The van der Waals surface area contributed by atoms with Gasteiger partial charge in [-0.15, -0.1) is 0 Å². The van der Waals surface area contributed by atoms with Crippen LogP contribution in [-0.2, 0) is 15.8 Å². The van der Waals surface area contributed by atoms with Crippen LogP contribution in [0.4, 0.5) is 0 Å². The lowest BCUT2D eigenvalue weighted by Crippen LogP contribution is -2.42. The molecule has 0 bridgehead atoms. The van der Waals surface area contributed by atoms with Gasteiger partial charge in [-0.25, -0.2) is 8.42 Å². The number of hydrogen-bond donors (Lipinski definition) is 1. The third-order valence-electron chi connectivity index (χ3n) is 3.63. The van der Waals surface area contributed by atoms with Gasteiger partial charge in [0, 0.05) is 19.1 Å². The normalized spacial score (nSPS) is 17.2. The van der Waals surface area contributed by atoms with E-state index in [0.717, 1.165) is 31.2 Å². The Kier molecular flexibility index (Phi) is 4.96. The van der Waals surface area contributed by atoms with Gasteiger partial charge in [0.1, 0.15) is 0 Å². The van der Waals surface area contributed by atoms with Crippen LogP contribution in [0.2, 0.25) is 0 Å². The van der Waals surface area contributed by atoms with Crippen molar-refractivity contribution >= 4 is 10.0 Å². The zero-order valence-electron chi connectivity index (χ0n) is 11.2. The summed E-state index contributed by atoms with van der Waals surface area (Å²) in [6, 6.07) is 9.49. The fourth-order valence-corrected chi connectivity index (χ4v) is 4.56. The Morgan fingerprint density at radius 2 is 1.79 bits per heavy atom. The zero-order valence-corrected chi connectivity index (χ0v) is 12.0. The van der Waals surface area contributed by atoms with Gasteiger partial charge in [0.05, 0.1) is 5.75 Å². The largest absolute Gasteiger partial charge is 0.329 e. The highest BCUT2D eigenvalue weighted by molar-refractivity contribution is 7.88. The molecular weight excluding hydrogens is 260 g/mol. The summed E-state index contributed by atoms with van der Waals surface area (Å²) >= 11 is 0. The first-order valence-electron chi connectivity index (χ1n) is 6.87. The molecule has 106 valence electrons. The third-order valence-corrected chi connectivity index (χ3v) is 5.52. The van der Waals surface area contributed by atoms with Gasteiger partial charge in [-0.05, 0) is 18.4 Å². The summed E-state index contributed by atoms with van der Waals surface area (Å²) in [5.74, 6) is 0.0737. The first-order valence-corrected chi connectivity index (χ1v) is 8.48. The predicted octanol–water partition coefficient (Wildman–Crippen LogP) is 1.72. The van der Waals surface area contributed by atoms with Crippen molar-refractivity contribution < 1.29 is 8.42 Å². The minimum absolute atomic E-state index is 0.0737. The summed E-state index contributed by atoms with van der Waals surface area (Å²) in [6.07, 6.45) is 4.17. The average molecular weight is 282 g/mol. The molecule has 1 aromatic carbocycles. The van der Waals surface area contributed by atoms with E-state index >= 15 is 0 Å². The molecule has 0 radical (unpaired) electrons. The molecule has 0 heterocycles. The molecule has 0 unspecified atom stereocenters. The molecule has 4 nitrogen and oxygen atoms in total. The van der Waals surface area contributed by atoms with Crippen molar-refractivity contribution in [1.29, 1.82) is 0 Å². The molecule has 0 atom stereocenters. The summed E-state index contributed by atoms with van der Waals surface area (Å²) in [6.45, 7) is 0.810. The predicted molar refractivity (Wildman–Crippen MR) is 77.1 cm³/mol. The van der Waals surface area contributed by atoms with E-state index in [4.69, 9.17) is 5.73 Å². The van der Waals surface area contributed by atoms with Crippen LogP contribution in [0.25, 0.3) is 0 Å². The lowest BCUT2D eigenvalue weighted by molar-refractivity contribution is 0.328. The maximum absolute atomic E-state index is 12.5. The number of sulfonamides is 1. The van der Waals surface area contributed by atoms with Crippen LogP contribution in [-0.4, -0.2) is 31.9 Å². The molecule has 1 aliphatic rings. The number of benzene rings is 1.